The summed E-state index contributed by atoms with van der Waals surface area (Å²) in [4.78, 5) is -0.107. The van der Waals surface area contributed by atoms with E-state index in [0.717, 1.165) is 25.7 Å². The molecule has 27 heavy (non-hydrogen) atoms. The van der Waals surface area contributed by atoms with Crippen LogP contribution in [0.1, 0.15) is 39.5 Å². The lowest BCUT2D eigenvalue weighted by Crippen LogP contribution is -2.09. The van der Waals surface area contributed by atoms with Gasteiger partial charge in [0, 0.05) is 12.1 Å². The Labute approximate surface area is 160 Å². The van der Waals surface area contributed by atoms with E-state index in [4.69, 9.17) is 9.47 Å². The molecule has 6 nitrogen and oxygen atoms in total. The van der Waals surface area contributed by atoms with Gasteiger partial charge in [-0.25, -0.2) is 8.42 Å². The zero-order chi connectivity index (χ0) is 19.9. The van der Waals surface area contributed by atoms with Crippen molar-refractivity contribution in [1.82, 2.24) is 0 Å². The molecule has 0 aliphatic carbocycles. The lowest BCUT2D eigenvalue weighted by Gasteiger charge is -2.15. The van der Waals surface area contributed by atoms with Gasteiger partial charge in [-0.05, 0) is 37.1 Å². The average Bonchev–Trinajstić information content (AvgIpc) is 2.62. The van der Waals surface area contributed by atoms with Crippen molar-refractivity contribution in [2.24, 2.45) is 0 Å². The highest BCUT2D eigenvalue weighted by molar-refractivity contribution is 7.91. The van der Waals surface area contributed by atoms with Crippen LogP contribution >= 0.6 is 0 Å². The van der Waals surface area contributed by atoms with E-state index < -0.39 is 9.84 Å². The maximum Gasteiger partial charge on any atom is 0.213 e. The first-order valence-corrected chi connectivity index (χ1v) is 10.5. The number of aromatic hydroxyl groups is 2. The van der Waals surface area contributed by atoms with Crippen molar-refractivity contribution in [2.75, 3.05) is 13.2 Å². The first-order chi connectivity index (χ1) is 12.9. The molecule has 0 unspecified atom stereocenters. The van der Waals surface area contributed by atoms with Crippen LogP contribution in [0.5, 0.6) is 23.0 Å². The Balaban J connectivity index is 2.46. The van der Waals surface area contributed by atoms with Crippen LogP contribution in [0.4, 0.5) is 0 Å². The number of hydrogen-bond donors (Lipinski definition) is 2. The smallest absolute Gasteiger partial charge is 0.213 e. The van der Waals surface area contributed by atoms with E-state index in [0.29, 0.717) is 13.2 Å². The Bertz CT molecular complexity index is 795. The van der Waals surface area contributed by atoms with Crippen molar-refractivity contribution in [3.05, 3.63) is 36.4 Å². The van der Waals surface area contributed by atoms with Gasteiger partial charge in [-0.3, -0.25) is 0 Å². The molecule has 0 aliphatic heterocycles. The molecule has 2 N–H and O–H groups in total. The molecular weight excluding hydrogens is 368 g/mol. The Morgan fingerprint density at radius 2 is 1.19 bits per heavy atom. The fourth-order valence-corrected chi connectivity index (χ4v) is 3.93. The summed E-state index contributed by atoms with van der Waals surface area (Å²) in [5.74, 6) is 0.0308. The number of hydrogen-bond acceptors (Lipinski definition) is 6. The quantitative estimate of drug-likeness (QED) is 0.584. The summed E-state index contributed by atoms with van der Waals surface area (Å²) in [5.41, 5.74) is 0. The summed E-state index contributed by atoms with van der Waals surface area (Å²) in [6, 6.07) is 7.82. The van der Waals surface area contributed by atoms with Crippen LogP contribution in [0.3, 0.4) is 0 Å². The second-order valence-corrected chi connectivity index (χ2v) is 8.06. The van der Waals surface area contributed by atoms with Crippen molar-refractivity contribution in [2.45, 2.75) is 49.3 Å². The first kappa shape index (κ1) is 20.9. The first-order valence-electron chi connectivity index (χ1n) is 9.06. The Hall–Kier alpha value is -2.41. The number of ether oxygens (including phenoxy) is 2. The molecule has 0 radical (unpaired) electrons. The fraction of sp³-hybridized carbons (Fsp3) is 0.400. The zero-order valence-corrected chi connectivity index (χ0v) is 16.5. The molecule has 0 saturated heterocycles. The van der Waals surface area contributed by atoms with Crippen molar-refractivity contribution in [1.29, 1.82) is 0 Å². The van der Waals surface area contributed by atoms with E-state index in [-0.39, 0.29) is 32.8 Å². The Morgan fingerprint density at radius 3 is 1.56 bits per heavy atom. The predicted octanol–water partition coefficient (Wildman–Crippen LogP) is 4.29. The van der Waals surface area contributed by atoms with Gasteiger partial charge in [-0.15, -0.1) is 0 Å². The lowest BCUT2D eigenvalue weighted by atomic mass is 10.3. The summed E-state index contributed by atoms with van der Waals surface area (Å²) in [6.45, 7) is 4.69. The van der Waals surface area contributed by atoms with Crippen LogP contribution in [0.2, 0.25) is 0 Å². The Kier molecular flexibility index (Phi) is 7.36. The maximum atomic E-state index is 13.2. The molecule has 0 bridgehead atoms. The number of sulfone groups is 1. The molecule has 2 aromatic rings. The van der Waals surface area contributed by atoms with Crippen LogP contribution in [-0.2, 0) is 9.84 Å². The van der Waals surface area contributed by atoms with Crippen LogP contribution in [0, 0.1) is 0 Å². The van der Waals surface area contributed by atoms with E-state index in [1.54, 1.807) is 0 Å². The minimum atomic E-state index is -3.98. The third-order valence-electron chi connectivity index (χ3n) is 3.94. The third-order valence-corrected chi connectivity index (χ3v) is 5.78. The minimum absolute atomic E-state index is 0.0533. The van der Waals surface area contributed by atoms with Crippen molar-refractivity contribution in [3.8, 4) is 23.0 Å². The number of unbranched alkanes of at least 4 members (excludes halogenated alkanes) is 2. The topological polar surface area (TPSA) is 93.1 Å². The van der Waals surface area contributed by atoms with E-state index in [1.165, 1.54) is 36.4 Å². The number of phenolic OH excluding ortho intramolecular Hbond substituents is 2. The minimum Gasteiger partial charge on any atom is -0.508 e. The molecule has 0 aromatic heterocycles. The van der Waals surface area contributed by atoms with E-state index in [1.807, 2.05) is 13.8 Å². The van der Waals surface area contributed by atoms with Gasteiger partial charge >= 0.3 is 0 Å². The van der Waals surface area contributed by atoms with Gasteiger partial charge in [0.15, 0.2) is 0 Å². The second kappa shape index (κ2) is 9.50. The summed E-state index contributed by atoms with van der Waals surface area (Å²) in [7, 11) is -3.98. The molecule has 0 saturated carbocycles. The SMILES string of the molecule is CCCCOc1cc(O)ccc1S(=O)(=O)c1ccc(O)cc1OCCCC. The number of benzene rings is 2. The van der Waals surface area contributed by atoms with Crippen LogP contribution in [-0.4, -0.2) is 31.8 Å². The second-order valence-electron chi connectivity index (χ2n) is 6.17. The number of phenols is 2. The van der Waals surface area contributed by atoms with Gasteiger partial charge in [-0.2, -0.15) is 0 Å². The highest BCUT2D eigenvalue weighted by Gasteiger charge is 2.27. The average molecular weight is 394 g/mol. The highest BCUT2D eigenvalue weighted by Crippen LogP contribution is 2.37. The molecule has 0 fully saturated rings. The largest absolute Gasteiger partial charge is 0.508 e. The van der Waals surface area contributed by atoms with Crippen LogP contribution in [0.25, 0.3) is 0 Å². The maximum absolute atomic E-state index is 13.2. The van der Waals surface area contributed by atoms with E-state index >= 15 is 0 Å². The summed E-state index contributed by atoms with van der Waals surface area (Å²) in [6.07, 6.45) is 3.32. The lowest BCUT2D eigenvalue weighted by molar-refractivity contribution is 0.297. The molecular formula is C20H26O6S. The molecule has 7 heteroatoms. The van der Waals surface area contributed by atoms with Gasteiger partial charge < -0.3 is 19.7 Å². The van der Waals surface area contributed by atoms with Crippen LogP contribution in [0.15, 0.2) is 46.2 Å². The molecule has 0 heterocycles. The van der Waals surface area contributed by atoms with Gasteiger partial charge in [0.25, 0.3) is 0 Å². The summed E-state index contributed by atoms with van der Waals surface area (Å²) < 4.78 is 37.7. The third kappa shape index (κ3) is 5.29. The standard InChI is InChI=1S/C20H26O6S/c1-3-5-11-25-17-13-15(21)7-9-19(17)27(23,24)20-10-8-16(22)14-18(20)26-12-6-4-2/h7-10,13-14,21-22H,3-6,11-12H2,1-2H3. The molecule has 0 atom stereocenters. The summed E-state index contributed by atoms with van der Waals surface area (Å²) in [5, 5.41) is 19.5. The molecule has 148 valence electrons. The van der Waals surface area contributed by atoms with Gasteiger partial charge in [0.05, 0.1) is 13.2 Å². The molecule has 2 aromatic carbocycles. The van der Waals surface area contributed by atoms with E-state index in [9.17, 15) is 18.6 Å². The van der Waals surface area contributed by atoms with Crippen molar-refractivity contribution < 1.29 is 28.1 Å². The predicted molar refractivity (Wildman–Crippen MR) is 102 cm³/mol. The molecule has 2 rings (SSSR count). The molecule has 0 aliphatic rings. The van der Waals surface area contributed by atoms with Gasteiger partial charge in [-0.1, -0.05) is 26.7 Å². The molecule has 0 spiro atoms. The normalized spacial score (nSPS) is 11.3. The zero-order valence-electron chi connectivity index (χ0n) is 15.6. The van der Waals surface area contributed by atoms with Gasteiger partial charge in [0.2, 0.25) is 9.84 Å². The van der Waals surface area contributed by atoms with Crippen LogP contribution < -0.4 is 9.47 Å². The highest BCUT2D eigenvalue weighted by atomic mass is 32.2. The Morgan fingerprint density at radius 1 is 0.778 bits per heavy atom. The van der Waals surface area contributed by atoms with Crippen molar-refractivity contribution in [3.63, 3.8) is 0 Å². The number of rotatable bonds is 10. The summed E-state index contributed by atoms with van der Waals surface area (Å²) >= 11 is 0. The monoisotopic (exact) mass is 394 g/mol. The molecule has 0 amide bonds. The van der Waals surface area contributed by atoms with Gasteiger partial charge in [0.1, 0.15) is 32.8 Å². The van der Waals surface area contributed by atoms with E-state index in [2.05, 4.69) is 0 Å². The van der Waals surface area contributed by atoms with Crippen molar-refractivity contribution >= 4 is 9.84 Å². The fourth-order valence-electron chi connectivity index (χ4n) is 2.43.